The minimum absolute atomic E-state index is 0.144. The molecule has 1 aromatic heterocycles. The molecule has 0 spiro atoms. The van der Waals surface area contributed by atoms with Crippen LogP contribution in [0.15, 0.2) is 22.8 Å². The monoisotopic (exact) mass is 222 g/mol. The summed E-state index contributed by atoms with van der Waals surface area (Å²) in [6, 6.07) is 3.79. The van der Waals surface area contributed by atoms with Crippen molar-refractivity contribution in [1.29, 1.82) is 0 Å². The van der Waals surface area contributed by atoms with Crippen LogP contribution in [0.2, 0.25) is 0 Å². The van der Waals surface area contributed by atoms with Crippen LogP contribution in [0, 0.1) is 5.92 Å². The Balaban J connectivity index is 1.67. The third-order valence-electron chi connectivity index (χ3n) is 2.92. The third kappa shape index (κ3) is 3.10. The van der Waals surface area contributed by atoms with Gasteiger partial charge in [0, 0.05) is 19.5 Å². The standard InChI is InChI=1S/C12H18N2O2/c15-12(10-3-1-6-13-9-10)14-7-5-11-4-2-8-16-11/h2,4,8,10,13H,1,3,5-7,9H2,(H,14,15)/t10-/m1/s1. The maximum absolute atomic E-state index is 11.7. The van der Waals surface area contributed by atoms with E-state index in [-0.39, 0.29) is 11.8 Å². The van der Waals surface area contributed by atoms with Gasteiger partial charge in [-0.2, -0.15) is 0 Å². The summed E-state index contributed by atoms with van der Waals surface area (Å²) in [6.45, 7) is 2.51. The van der Waals surface area contributed by atoms with Crippen LogP contribution < -0.4 is 10.6 Å². The van der Waals surface area contributed by atoms with Crippen molar-refractivity contribution in [1.82, 2.24) is 10.6 Å². The van der Waals surface area contributed by atoms with E-state index in [0.29, 0.717) is 6.54 Å². The molecule has 0 bridgehead atoms. The summed E-state index contributed by atoms with van der Waals surface area (Å²) in [5.41, 5.74) is 0. The molecule has 1 aliphatic rings. The largest absolute Gasteiger partial charge is 0.469 e. The minimum Gasteiger partial charge on any atom is -0.469 e. The first-order chi connectivity index (χ1) is 7.86. The Labute approximate surface area is 95.4 Å². The average molecular weight is 222 g/mol. The predicted octanol–water partition coefficient (Wildman–Crippen LogP) is 0.938. The van der Waals surface area contributed by atoms with Crippen LogP contribution in [0.1, 0.15) is 18.6 Å². The van der Waals surface area contributed by atoms with Crippen LogP contribution in [0.5, 0.6) is 0 Å². The van der Waals surface area contributed by atoms with Crippen LogP contribution in [0.3, 0.4) is 0 Å². The lowest BCUT2D eigenvalue weighted by Gasteiger charge is -2.21. The molecule has 0 saturated carbocycles. The zero-order chi connectivity index (χ0) is 11.2. The van der Waals surface area contributed by atoms with Gasteiger partial charge in [0.2, 0.25) is 5.91 Å². The summed E-state index contributed by atoms with van der Waals surface area (Å²) in [5.74, 6) is 1.23. The van der Waals surface area contributed by atoms with E-state index < -0.39 is 0 Å². The van der Waals surface area contributed by atoms with Gasteiger partial charge in [-0.1, -0.05) is 0 Å². The van der Waals surface area contributed by atoms with E-state index in [1.54, 1.807) is 6.26 Å². The molecule has 0 aromatic carbocycles. The molecule has 4 heteroatoms. The molecule has 1 atom stereocenters. The fraction of sp³-hybridized carbons (Fsp3) is 0.583. The van der Waals surface area contributed by atoms with Gasteiger partial charge in [0.1, 0.15) is 5.76 Å². The average Bonchev–Trinajstić information content (AvgIpc) is 2.83. The van der Waals surface area contributed by atoms with E-state index in [4.69, 9.17) is 4.42 Å². The molecule has 2 heterocycles. The number of amides is 1. The summed E-state index contributed by atoms with van der Waals surface area (Å²) >= 11 is 0. The number of nitrogens with one attached hydrogen (secondary N) is 2. The van der Waals surface area contributed by atoms with Crippen molar-refractivity contribution in [3.8, 4) is 0 Å². The summed E-state index contributed by atoms with van der Waals surface area (Å²) in [4.78, 5) is 11.7. The summed E-state index contributed by atoms with van der Waals surface area (Å²) < 4.78 is 5.20. The highest BCUT2D eigenvalue weighted by atomic mass is 16.3. The Kier molecular flexibility index (Phi) is 3.99. The predicted molar refractivity (Wildman–Crippen MR) is 61.0 cm³/mol. The second kappa shape index (κ2) is 5.70. The molecule has 0 unspecified atom stereocenters. The lowest BCUT2D eigenvalue weighted by molar-refractivity contribution is -0.125. The van der Waals surface area contributed by atoms with E-state index in [0.717, 1.165) is 38.1 Å². The SMILES string of the molecule is O=C(NCCc1ccco1)[C@@H]1CCCNC1. The molecule has 2 N–H and O–H groups in total. The summed E-state index contributed by atoms with van der Waals surface area (Å²) in [6.07, 6.45) is 4.51. The minimum atomic E-state index is 0.144. The maximum atomic E-state index is 11.7. The Morgan fingerprint density at radius 1 is 1.62 bits per heavy atom. The van der Waals surface area contributed by atoms with Gasteiger partial charge in [0.05, 0.1) is 12.2 Å². The Bertz CT molecular complexity index is 316. The van der Waals surface area contributed by atoms with Crippen molar-refractivity contribution < 1.29 is 9.21 Å². The van der Waals surface area contributed by atoms with Crippen LogP contribution in [-0.2, 0) is 11.2 Å². The number of piperidine rings is 1. The van der Waals surface area contributed by atoms with Crippen LogP contribution in [0.4, 0.5) is 0 Å². The maximum Gasteiger partial charge on any atom is 0.224 e. The first kappa shape index (κ1) is 11.2. The van der Waals surface area contributed by atoms with Gasteiger partial charge in [-0.25, -0.2) is 0 Å². The fourth-order valence-electron chi connectivity index (χ4n) is 1.98. The molecule has 1 aromatic rings. The second-order valence-corrected chi connectivity index (χ2v) is 4.16. The molecule has 2 rings (SSSR count). The van der Waals surface area contributed by atoms with Gasteiger partial charge < -0.3 is 15.1 Å². The first-order valence-corrected chi connectivity index (χ1v) is 5.87. The van der Waals surface area contributed by atoms with Gasteiger partial charge in [0.25, 0.3) is 0 Å². The number of rotatable bonds is 4. The molecule has 16 heavy (non-hydrogen) atoms. The normalized spacial score (nSPS) is 20.6. The van der Waals surface area contributed by atoms with Crippen molar-refractivity contribution in [2.75, 3.05) is 19.6 Å². The number of hydrogen-bond acceptors (Lipinski definition) is 3. The van der Waals surface area contributed by atoms with Gasteiger partial charge in [-0.15, -0.1) is 0 Å². The fourth-order valence-corrected chi connectivity index (χ4v) is 1.98. The summed E-state index contributed by atoms with van der Waals surface area (Å²) in [5, 5.41) is 6.19. The highest BCUT2D eigenvalue weighted by molar-refractivity contribution is 5.78. The molecule has 0 aliphatic carbocycles. The Morgan fingerprint density at radius 3 is 3.25 bits per heavy atom. The zero-order valence-corrected chi connectivity index (χ0v) is 9.37. The van der Waals surface area contributed by atoms with Crippen LogP contribution >= 0.6 is 0 Å². The molecule has 88 valence electrons. The van der Waals surface area contributed by atoms with Gasteiger partial charge in [0.15, 0.2) is 0 Å². The molecular weight excluding hydrogens is 204 g/mol. The zero-order valence-electron chi connectivity index (χ0n) is 9.37. The Morgan fingerprint density at radius 2 is 2.56 bits per heavy atom. The van der Waals surface area contributed by atoms with Gasteiger partial charge in [-0.05, 0) is 31.5 Å². The molecule has 1 fully saturated rings. The molecule has 1 aliphatic heterocycles. The van der Waals surface area contributed by atoms with Gasteiger partial charge >= 0.3 is 0 Å². The second-order valence-electron chi connectivity index (χ2n) is 4.16. The van der Waals surface area contributed by atoms with Crippen LogP contribution in [-0.4, -0.2) is 25.5 Å². The molecule has 0 radical (unpaired) electrons. The Hall–Kier alpha value is -1.29. The lowest BCUT2D eigenvalue weighted by Crippen LogP contribution is -2.41. The number of carbonyl (C=O) groups is 1. The van der Waals surface area contributed by atoms with Crippen molar-refractivity contribution in [3.05, 3.63) is 24.2 Å². The first-order valence-electron chi connectivity index (χ1n) is 5.87. The number of hydrogen-bond donors (Lipinski definition) is 2. The van der Waals surface area contributed by atoms with Gasteiger partial charge in [-0.3, -0.25) is 4.79 Å². The van der Waals surface area contributed by atoms with Crippen molar-refractivity contribution in [2.24, 2.45) is 5.92 Å². The molecular formula is C12H18N2O2. The number of furan rings is 1. The smallest absolute Gasteiger partial charge is 0.224 e. The quantitative estimate of drug-likeness (QED) is 0.797. The van der Waals surface area contributed by atoms with Crippen molar-refractivity contribution in [2.45, 2.75) is 19.3 Å². The lowest BCUT2D eigenvalue weighted by atomic mass is 9.99. The summed E-state index contributed by atoms with van der Waals surface area (Å²) in [7, 11) is 0. The molecule has 4 nitrogen and oxygen atoms in total. The van der Waals surface area contributed by atoms with E-state index in [2.05, 4.69) is 10.6 Å². The molecule has 1 saturated heterocycles. The van der Waals surface area contributed by atoms with E-state index in [9.17, 15) is 4.79 Å². The van der Waals surface area contributed by atoms with Crippen LogP contribution in [0.25, 0.3) is 0 Å². The topological polar surface area (TPSA) is 54.3 Å². The van der Waals surface area contributed by atoms with E-state index >= 15 is 0 Å². The molecule has 1 amide bonds. The van der Waals surface area contributed by atoms with Crippen molar-refractivity contribution in [3.63, 3.8) is 0 Å². The van der Waals surface area contributed by atoms with E-state index in [1.807, 2.05) is 12.1 Å². The van der Waals surface area contributed by atoms with E-state index in [1.165, 1.54) is 0 Å². The highest BCUT2D eigenvalue weighted by Gasteiger charge is 2.20. The van der Waals surface area contributed by atoms with Crippen molar-refractivity contribution >= 4 is 5.91 Å². The number of carbonyl (C=O) groups excluding carboxylic acids is 1. The highest BCUT2D eigenvalue weighted by Crippen LogP contribution is 2.09. The third-order valence-corrected chi connectivity index (χ3v) is 2.92.